The Morgan fingerprint density at radius 3 is 2.46 bits per heavy atom. The first-order valence-electron chi connectivity index (χ1n) is 8.31. The third kappa shape index (κ3) is 4.62. The minimum atomic E-state index is -1.27. The molecule has 140 valence electrons. The standard InChI is InChI=1S/C19H22O7/c1-4-25-19(22)16(26-17(20)12-9-10-12)14-8-6-5-7-13(14)15(11-23-2)18(21)24-3/h5-8,11-12,16H,4,9-10H2,1-3H3. The zero-order valence-electron chi connectivity index (χ0n) is 15.0. The van der Waals surface area contributed by atoms with Crippen LogP contribution in [0.25, 0.3) is 5.57 Å². The molecule has 0 aromatic heterocycles. The molecule has 0 saturated heterocycles. The number of rotatable bonds is 8. The van der Waals surface area contributed by atoms with E-state index in [2.05, 4.69) is 0 Å². The number of hydrogen-bond donors (Lipinski definition) is 0. The Labute approximate surface area is 151 Å². The van der Waals surface area contributed by atoms with Crippen molar-refractivity contribution >= 4 is 23.5 Å². The summed E-state index contributed by atoms with van der Waals surface area (Å²) < 4.78 is 20.2. The van der Waals surface area contributed by atoms with E-state index in [4.69, 9.17) is 18.9 Å². The predicted octanol–water partition coefficient (Wildman–Crippen LogP) is 2.40. The largest absolute Gasteiger partial charge is 0.503 e. The highest BCUT2D eigenvalue weighted by Crippen LogP contribution is 2.34. The zero-order chi connectivity index (χ0) is 19.1. The van der Waals surface area contributed by atoms with E-state index in [1.165, 1.54) is 20.5 Å². The fourth-order valence-electron chi connectivity index (χ4n) is 2.41. The molecule has 1 aromatic rings. The van der Waals surface area contributed by atoms with Gasteiger partial charge in [-0.15, -0.1) is 0 Å². The summed E-state index contributed by atoms with van der Waals surface area (Å²) in [5.41, 5.74) is 0.791. The number of benzene rings is 1. The average Bonchev–Trinajstić information content (AvgIpc) is 3.49. The molecule has 1 atom stereocenters. The van der Waals surface area contributed by atoms with Gasteiger partial charge in [0.15, 0.2) is 0 Å². The van der Waals surface area contributed by atoms with Gasteiger partial charge >= 0.3 is 17.9 Å². The Balaban J connectivity index is 2.46. The Hall–Kier alpha value is -2.83. The van der Waals surface area contributed by atoms with Crippen LogP contribution in [-0.4, -0.2) is 38.7 Å². The van der Waals surface area contributed by atoms with Crippen LogP contribution in [0.2, 0.25) is 0 Å². The van der Waals surface area contributed by atoms with E-state index in [1.807, 2.05) is 0 Å². The maximum atomic E-state index is 12.4. The smallest absolute Gasteiger partial charge is 0.352 e. The molecule has 1 fully saturated rings. The lowest BCUT2D eigenvalue weighted by molar-refractivity contribution is -0.169. The molecule has 0 amide bonds. The quantitative estimate of drug-likeness (QED) is 0.304. The van der Waals surface area contributed by atoms with Crippen LogP contribution >= 0.6 is 0 Å². The molecular weight excluding hydrogens is 340 g/mol. The highest BCUT2D eigenvalue weighted by molar-refractivity contribution is 6.16. The second-order valence-corrected chi connectivity index (χ2v) is 5.69. The number of carbonyl (C=O) groups is 3. The van der Waals surface area contributed by atoms with Gasteiger partial charge in [0.05, 0.1) is 33.0 Å². The van der Waals surface area contributed by atoms with Gasteiger partial charge in [0.1, 0.15) is 5.57 Å². The van der Waals surface area contributed by atoms with Crippen molar-refractivity contribution in [1.29, 1.82) is 0 Å². The molecule has 0 bridgehead atoms. The summed E-state index contributed by atoms with van der Waals surface area (Å²) in [5, 5.41) is 0. The van der Waals surface area contributed by atoms with Gasteiger partial charge in [0.2, 0.25) is 6.10 Å². The fraction of sp³-hybridized carbons (Fsp3) is 0.421. The normalized spacial score (nSPS) is 15.0. The zero-order valence-corrected chi connectivity index (χ0v) is 15.0. The molecule has 0 spiro atoms. The van der Waals surface area contributed by atoms with Crippen molar-refractivity contribution in [2.24, 2.45) is 5.92 Å². The van der Waals surface area contributed by atoms with E-state index in [9.17, 15) is 14.4 Å². The van der Waals surface area contributed by atoms with E-state index < -0.39 is 24.0 Å². The fourth-order valence-corrected chi connectivity index (χ4v) is 2.41. The number of carbonyl (C=O) groups excluding carboxylic acids is 3. The van der Waals surface area contributed by atoms with E-state index in [0.29, 0.717) is 11.1 Å². The molecule has 0 N–H and O–H groups in total. The minimum absolute atomic E-state index is 0.0994. The summed E-state index contributed by atoms with van der Waals surface area (Å²) in [5.74, 6) is -1.98. The lowest BCUT2D eigenvalue weighted by Gasteiger charge is -2.20. The molecule has 1 saturated carbocycles. The van der Waals surface area contributed by atoms with Crippen molar-refractivity contribution in [3.05, 3.63) is 41.7 Å². The molecule has 7 nitrogen and oxygen atoms in total. The first-order valence-corrected chi connectivity index (χ1v) is 8.31. The summed E-state index contributed by atoms with van der Waals surface area (Å²) in [6.45, 7) is 1.80. The highest BCUT2D eigenvalue weighted by Gasteiger charge is 2.37. The van der Waals surface area contributed by atoms with Crippen molar-refractivity contribution < 1.29 is 33.3 Å². The molecule has 1 unspecified atom stereocenters. The maximum Gasteiger partial charge on any atom is 0.352 e. The summed E-state index contributed by atoms with van der Waals surface area (Å²) in [4.78, 5) is 36.7. The van der Waals surface area contributed by atoms with Gasteiger partial charge < -0.3 is 18.9 Å². The first-order chi connectivity index (χ1) is 12.5. The molecule has 1 aliphatic rings. The molecule has 1 aliphatic carbocycles. The monoisotopic (exact) mass is 362 g/mol. The van der Waals surface area contributed by atoms with Crippen molar-refractivity contribution in [2.45, 2.75) is 25.9 Å². The molecule has 7 heteroatoms. The van der Waals surface area contributed by atoms with Gasteiger partial charge in [-0.1, -0.05) is 24.3 Å². The van der Waals surface area contributed by atoms with E-state index in [1.54, 1.807) is 31.2 Å². The molecule has 2 rings (SSSR count). The maximum absolute atomic E-state index is 12.4. The average molecular weight is 362 g/mol. The predicted molar refractivity (Wildman–Crippen MR) is 91.6 cm³/mol. The number of ether oxygens (including phenoxy) is 4. The van der Waals surface area contributed by atoms with Gasteiger partial charge in [0.25, 0.3) is 0 Å². The topological polar surface area (TPSA) is 88.1 Å². The van der Waals surface area contributed by atoms with Crippen LogP contribution in [0.5, 0.6) is 0 Å². The molecule has 0 heterocycles. The molecular formula is C19H22O7. The van der Waals surface area contributed by atoms with Crippen LogP contribution in [-0.2, 0) is 33.3 Å². The van der Waals surface area contributed by atoms with Gasteiger partial charge in [-0.2, -0.15) is 0 Å². The third-order valence-corrected chi connectivity index (χ3v) is 3.82. The van der Waals surface area contributed by atoms with Crippen molar-refractivity contribution in [3.8, 4) is 0 Å². The minimum Gasteiger partial charge on any atom is -0.503 e. The SMILES string of the molecule is CCOC(=O)C(OC(=O)C1CC1)c1ccccc1C(=COC)C(=O)OC. The molecule has 26 heavy (non-hydrogen) atoms. The van der Waals surface area contributed by atoms with Gasteiger partial charge in [-0.25, -0.2) is 9.59 Å². The van der Waals surface area contributed by atoms with Gasteiger partial charge in [-0.3, -0.25) is 4.79 Å². The van der Waals surface area contributed by atoms with Crippen molar-refractivity contribution in [2.75, 3.05) is 20.8 Å². The van der Waals surface area contributed by atoms with Crippen LogP contribution in [0, 0.1) is 5.92 Å². The first kappa shape index (κ1) is 19.5. The van der Waals surface area contributed by atoms with Crippen LogP contribution in [0.4, 0.5) is 0 Å². The second-order valence-electron chi connectivity index (χ2n) is 5.69. The number of methoxy groups -OCH3 is 2. The van der Waals surface area contributed by atoms with Crippen LogP contribution < -0.4 is 0 Å². The molecule has 0 aliphatic heterocycles. The Morgan fingerprint density at radius 1 is 1.19 bits per heavy atom. The summed E-state index contributed by atoms with van der Waals surface area (Å²) in [6, 6.07) is 6.59. The molecule has 0 radical (unpaired) electrons. The highest BCUT2D eigenvalue weighted by atomic mass is 16.6. The Morgan fingerprint density at radius 2 is 1.88 bits per heavy atom. The van der Waals surface area contributed by atoms with E-state index >= 15 is 0 Å². The summed E-state index contributed by atoms with van der Waals surface area (Å²) in [7, 11) is 2.63. The van der Waals surface area contributed by atoms with Crippen molar-refractivity contribution in [1.82, 2.24) is 0 Å². The lowest BCUT2D eigenvalue weighted by Crippen LogP contribution is -2.24. The third-order valence-electron chi connectivity index (χ3n) is 3.82. The van der Waals surface area contributed by atoms with Crippen LogP contribution in [0.15, 0.2) is 30.5 Å². The van der Waals surface area contributed by atoms with Crippen molar-refractivity contribution in [3.63, 3.8) is 0 Å². The Kier molecular flexibility index (Phi) is 6.77. The number of esters is 3. The summed E-state index contributed by atoms with van der Waals surface area (Å²) >= 11 is 0. The van der Waals surface area contributed by atoms with Gasteiger partial charge in [-0.05, 0) is 25.3 Å². The number of hydrogen-bond acceptors (Lipinski definition) is 7. The van der Waals surface area contributed by atoms with Crippen LogP contribution in [0.3, 0.4) is 0 Å². The van der Waals surface area contributed by atoms with Gasteiger partial charge in [0, 0.05) is 5.56 Å². The molecule has 1 aromatic carbocycles. The lowest BCUT2D eigenvalue weighted by atomic mass is 9.96. The Bertz CT molecular complexity index is 704. The van der Waals surface area contributed by atoms with E-state index in [-0.39, 0.29) is 18.1 Å². The van der Waals surface area contributed by atoms with Crippen LogP contribution in [0.1, 0.15) is 37.0 Å². The summed E-state index contributed by atoms with van der Waals surface area (Å²) in [6.07, 6.45) is 1.43. The van der Waals surface area contributed by atoms with E-state index in [0.717, 1.165) is 12.8 Å². The second kappa shape index (κ2) is 9.03.